The van der Waals surface area contributed by atoms with Gasteiger partial charge in [-0.3, -0.25) is 4.79 Å². The van der Waals surface area contributed by atoms with E-state index in [9.17, 15) is 4.79 Å². The smallest absolute Gasteiger partial charge is 0.245 e. The molecule has 2 N–H and O–H groups in total. The Morgan fingerprint density at radius 2 is 2.07 bits per heavy atom. The fraction of sp³-hybridized carbons (Fsp3) is 0.579. The number of hydrogen-bond donors (Lipinski definition) is 2. The van der Waals surface area contributed by atoms with E-state index in [1.165, 1.54) is 0 Å². The highest BCUT2D eigenvalue weighted by Gasteiger charge is 2.34. The predicted octanol–water partition coefficient (Wildman–Crippen LogP) is 0.898. The molecule has 1 aliphatic rings. The first-order valence-electron chi connectivity index (χ1n) is 9.39. The first kappa shape index (κ1) is 19.4. The first-order chi connectivity index (χ1) is 13.1. The van der Waals surface area contributed by atoms with Crippen LogP contribution in [0.15, 0.2) is 30.3 Å². The second-order valence-electron chi connectivity index (χ2n) is 7.28. The third-order valence-corrected chi connectivity index (χ3v) is 5.28. The van der Waals surface area contributed by atoms with Crippen molar-refractivity contribution in [2.75, 3.05) is 33.4 Å². The largest absolute Gasteiger partial charge is 0.384 e. The third-order valence-electron chi connectivity index (χ3n) is 5.28. The molecule has 146 valence electrons. The van der Waals surface area contributed by atoms with E-state index in [4.69, 9.17) is 4.74 Å². The van der Waals surface area contributed by atoms with Crippen LogP contribution in [-0.2, 0) is 16.0 Å². The molecule has 1 saturated heterocycles. The Balaban J connectivity index is 1.73. The molecular formula is C19H28N6O2. The maximum Gasteiger partial charge on any atom is 0.245 e. The zero-order chi connectivity index (χ0) is 19.1. The number of nitrogens with one attached hydrogen (secondary N) is 2. The number of rotatable bonds is 8. The summed E-state index contributed by atoms with van der Waals surface area (Å²) in [5.74, 6) is 0.558. The number of methoxy groups -OCH3 is 1. The Morgan fingerprint density at radius 3 is 2.70 bits per heavy atom. The van der Waals surface area contributed by atoms with Gasteiger partial charge in [-0.25, -0.2) is 4.68 Å². The normalized spacial score (nSPS) is 17.4. The minimum atomic E-state index is -0.483. The SMILES string of the molecule is COCC1(CNC(=O)C(Cc2ccccc2)n2nnnc2C)CCNCC1. The minimum Gasteiger partial charge on any atom is -0.384 e. The zero-order valence-electron chi connectivity index (χ0n) is 16.0. The molecule has 8 nitrogen and oxygen atoms in total. The number of ether oxygens (including phenoxy) is 1. The van der Waals surface area contributed by atoms with Crippen molar-refractivity contribution in [1.29, 1.82) is 0 Å². The van der Waals surface area contributed by atoms with Gasteiger partial charge in [-0.1, -0.05) is 30.3 Å². The fourth-order valence-electron chi connectivity index (χ4n) is 3.68. The minimum absolute atomic E-state index is 0.0252. The molecule has 1 aliphatic heterocycles. The van der Waals surface area contributed by atoms with Gasteiger partial charge < -0.3 is 15.4 Å². The molecule has 1 aromatic heterocycles. The summed E-state index contributed by atoms with van der Waals surface area (Å²) in [4.78, 5) is 13.1. The number of benzene rings is 1. The highest BCUT2D eigenvalue weighted by atomic mass is 16.5. The van der Waals surface area contributed by atoms with Gasteiger partial charge in [0.15, 0.2) is 0 Å². The molecule has 0 radical (unpaired) electrons. The van der Waals surface area contributed by atoms with E-state index >= 15 is 0 Å². The number of amides is 1. The first-order valence-corrected chi connectivity index (χ1v) is 9.39. The van der Waals surface area contributed by atoms with Gasteiger partial charge in [-0.2, -0.15) is 0 Å². The van der Waals surface area contributed by atoms with Gasteiger partial charge in [-0.15, -0.1) is 5.10 Å². The highest BCUT2D eigenvalue weighted by Crippen LogP contribution is 2.28. The molecule has 1 aromatic carbocycles. The van der Waals surface area contributed by atoms with E-state index in [0.717, 1.165) is 31.5 Å². The lowest BCUT2D eigenvalue weighted by Crippen LogP contribution is -2.48. The Hall–Kier alpha value is -2.32. The average Bonchev–Trinajstić information content (AvgIpc) is 3.12. The molecular weight excluding hydrogens is 344 g/mol. The molecule has 0 spiro atoms. The van der Waals surface area contributed by atoms with Crippen molar-refractivity contribution in [2.45, 2.75) is 32.2 Å². The van der Waals surface area contributed by atoms with Crippen LogP contribution < -0.4 is 10.6 Å². The van der Waals surface area contributed by atoms with Crippen molar-refractivity contribution in [3.63, 3.8) is 0 Å². The Morgan fingerprint density at radius 1 is 1.33 bits per heavy atom. The maximum absolute atomic E-state index is 13.1. The van der Waals surface area contributed by atoms with E-state index in [1.807, 2.05) is 37.3 Å². The molecule has 1 atom stereocenters. The number of carbonyl (C=O) groups is 1. The number of aryl methyl sites for hydroxylation is 1. The third kappa shape index (κ3) is 4.90. The summed E-state index contributed by atoms with van der Waals surface area (Å²) in [6.45, 7) is 4.93. The molecule has 1 amide bonds. The van der Waals surface area contributed by atoms with Gasteiger partial charge in [0.05, 0.1) is 6.61 Å². The standard InChI is InChI=1S/C19H28N6O2/c1-15-22-23-24-25(15)17(12-16-6-4-3-5-7-16)18(26)21-13-19(14-27-2)8-10-20-11-9-19/h3-7,17,20H,8-14H2,1-2H3,(H,21,26). The molecule has 0 saturated carbocycles. The van der Waals surface area contributed by atoms with Gasteiger partial charge in [0.2, 0.25) is 5.91 Å². The molecule has 3 rings (SSSR count). The molecule has 2 aromatic rings. The van der Waals surface area contributed by atoms with Crippen LogP contribution in [0.4, 0.5) is 0 Å². The van der Waals surface area contributed by atoms with Crippen LogP contribution in [0.1, 0.15) is 30.3 Å². The van der Waals surface area contributed by atoms with Crippen molar-refractivity contribution in [3.05, 3.63) is 41.7 Å². The van der Waals surface area contributed by atoms with Gasteiger partial charge in [-0.05, 0) is 48.8 Å². The predicted molar refractivity (Wildman–Crippen MR) is 101 cm³/mol. The van der Waals surface area contributed by atoms with Crippen molar-refractivity contribution in [2.24, 2.45) is 5.41 Å². The molecule has 27 heavy (non-hydrogen) atoms. The van der Waals surface area contributed by atoms with Crippen LogP contribution >= 0.6 is 0 Å². The maximum atomic E-state index is 13.1. The van der Waals surface area contributed by atoms with E-state index in [2.05, 4.69) is 26.2 Å². The highest BCUT2D eigenvalue weighted by molar-refractivity contribution is 5.80. The molecule has 0 bridgehead atoms. The van der Waals surface area contributed by atoms with Crippen LogP contribution in [0.3, 0.4) is 0 Å². The van der Waals surface area contributed by atoms with Crippen molar-refractivity contribution in [3.8, 4) is 0 Å². The quantitative estimate of drug-likeness (QED) is 0.715. The molecule has 8 heteroatoms. The van der Waals surface area contributed by atoms with E-state index in [-0.39, 0.29) is 11.3 Å². The average molecular weight is 372 g/mol. The Kier molecular flexibility index (Phi) is 6.52. The molecule has 0 aliphatic carbocycles. The monoisotopic (exact) mass is 372 g/mol. The summed E-state index contributed by atoms with van der Waals surface area (Å²) in [5.41, 5.74) is 1.05. The Bertz CT molecular complexity index is 721. The van der Waals surface area contributed by atoms with Gasteiger partial charge in [0.25, 0.3) is 0 Å². The lowest BCUT2D eigenvalue weighted by molar-refractivity contribution is -0.125. The Labute approximate surface area is 159 Å². The van der Waals surface area contributed by atoms with Crippen molar-refractivity contribution >= 4 is 5.91 Å². The van der Waals surface area contributed by atoms with E-state index < -0.39 is 6.04 Å². The number of hydrogen-bond acceptors (Lipinski definition) is 6. The molecule has 1 fully saturated rings. The zero-order valence-corrected chi connectivity index (χ0v) is 16.0. The van der Waals surface area contributed by atoms with E-state index in [1.54, 1.807) is 11.8 Å². The number of tetrazole rings is 1. The fourth-order valence-corrected chi connectivity index (χ4v) is 3.68. The second kappa shape index (κ2) is 9.05. The topological polar surface area (TPSA) is 94.0 Å². The molecule has 2 heterocycles. The van der Waals surface area contributed by atoms with Gasteiger partial charge >= 0.3 is 0 Å². The van der Waals surface area contributed by atoms with Crippen LogP contribution in [0.25, 0.3) is 0 Å². The lowest BCUT2D eigenvalue weighted by Gasteiger charge is -2.37. The number of nitrogens with zero attached hydrogens (tertiary/aromatic N) is 4. The van der Waals surface area contributed by atoms with Gasteiger partial charge in [0.1, 0.15) is 11.9 Å². The van der Waals surface area contributed by atoms with Crippen molar-refractivity contribution < 1.29 is 9.53 Å². The lowest BCUT2D eigenvalue weighted by atomic mass is 9.79. The summed E-state index contributed by atoms with van der Waals surface area (Å²) in [5, 5.41) is 18.2. The molecule has 1 unspecified atom stereocenters. The summed E-state index contributed by atoms with van der Waals surface area (Å²) in [6.07, 6.45) is 2.50. The van der Waals surface area contributed by atoms with Crippen LogP contribution in [0.5, 0.6) is 0 Å². The number of aromatic nitrogens is 4. The summed E-state index contributed by atoms with van der Waals surface area (Å²) < 4.78 is 7.05. The van der Waals surface area contributed by atoms with Crippen molar-refractivity contribution in [1.82, 2.24) is 30.8 Å². The summed E-state index contributed by atoms with van der Waals surface area (Å²) in [7, 11) is 1.72. The van der Waals surface area contributed by atoms with Crippen LogP contribution in [0.2, 0.25) is 0 Å². The number of piperidine rings is 1. The van der Waals surface area contributed by atoms with Crippen LogP contribution in [0, 0.1) is 12.3 Å². The van der Waals surface area contributed by atoms with Crippen LogP contribution in [-0.4, -0.2) is 59.5 Å². The summed E-state index contributed by atoms with van der Waals surface area (Å²) in [6, 6.07) is 9.45. The van der Waals surface area contributed by atoms with Gasteiger partial charge in [0, 0.05) is 25.5 Å². The van der Waals surface area contributed by atoms with E-state index in [0.29, 0.717) is 25.4 Å². The summed E-state index contributed by atoms with van der Waals surface area (Å²) >= 11 is 0. The number of carbonyl (C=O) groups excluding carboxylic acids is 1. The second-order valence-corrected chi connectivity index (χ2v) is 7.28.